The van der Waals surface area contributed by atoms with Gasteiger partial charge in [-0.3, -0.25) is 0 Å². The van der Waals surface area contributed by atoms with Crippen LogP contribution >= 0.6 is 0 Å². The maximum absolute atomic E-state index is 3.23. The molecule has 2 atom stereocenters. The molecule has 0 aromatic rings. The highest BCUT2D eigenvalue weighted by Gasteiger charge is 2.11. The second-order valence-corrected chi connectivity index (χ2v) is 8.69. The molecule has 0 bridgehead atoms. The quantitative estimate of drug-likeness (QED) is 0.190. The molecule has 2 heteroatoms. The van der Waals surface area contributed by atoms with Crippen LogP contribution in [0.1, 0.15) is 131 Å². The number of hydrogen-bond acceptors (Lipinski definition) is 2. The van der Waals surface area contributed by atoms with Crippen LogP contribution in [0.25, 0.3) is 0 Å². The Balaban J connectivity index is -0.00000312. The van der Waals surface area contributed by atoms with Gasteiger partial charge in [0, 0.05) is 0 Å². The lowest BCUT2D eigenvalue weighted by atomic mass is 9.86. The van der Waals surface area contributed by atoms with E-state index in [0.717, 1.165) is 11.8 Å². The summed E-state index contributed by atoms with van der Waals surface area (Å²) in [6, 6.07) is 0. The van der Waals surface area contributed by atoms with Crippen molar-refractivity contribution >= 4 is 0 Å². The minimum Gasteiger partial charge on any atom is -0.320 e. The molecule has 0 heterocycles. The zero-order chi connectivity index (χ0) is 19.3. The smallest absolute Gasteiger partial charge is 0.00519 e. The summed E-state index contributed by atoms with van der Waals surface area (Å²) in [6.07, 6.45) is 22.9. The van der Waals surface area contributed by atoms with Gasteiger partial charge in [-0.2, -0.15) is 0 Å². The van der Waals surface area contributed by atoms with Crippen molar-refractivity contribution in [1.29, 1.82) is 0 Å². The third kappa shape index (κ3) is 24.0. The van der Waals surface area contributed by atoms with Crippen LogP contribution < -0.4 is 10.6 Å². The van der Waals surface area contributed by atoms with Crippen molar-refractivity contribution in [2.75, 3.05) is 27.2 Å². The molecule has 0 rings (SSSR count). The first-order valence-corrected chi connectivity index (χ1v) is 12.0. The first-order chi connectivity index (χ1) is 12.7. The summed E-state index contributed by atoms with van der Waals surface area (Å²) < 4.78 is 0. The van der Waals surface area contributed by atoms with Crippen LogP contribution in [0.5, 0.6) is 0 Å². The molecule has 0 spiro atoms. The fourth-order valence-electron chi connectivity index (χ4n) is 3.87. The van der Waals surface area contributed by atoms with E-state index >= 15 is 0 Å². The predicted molar refractivity (Wildman–Crippen MR) is 134 cm³/mol. The standard InChI is InChI=1S/C24H52N2.2CH4/c1-23(19-15-11-7-5-9-13-17-21-25-3)24(2)20-16-12-8-6-10-14-18-22-26-4;;/h23-26H,5-22H2,1-4H3;2*1H4. The number of rotatable bonds is 21. The normalized spacial score (nSPS) is 12.9. The van der Waals surface area contributed by atoms with E-state index in [2.05, 4.69) is 38.6 Å². The van der Waals surface area contributed by atoms with E-state index in [4.69, 9.17) is 0 Å². The van der Waals surface area contributed by atoms with Crippen molar-refractivity contribution < 1.29 is 0 Å². The van der Waals surface area contributed by atoms with E-state index in [1.54, 1.807) is 0 Å². The van der Waals surface area contributed by atoms with Gasteiger partial charge in [0.05, 0.1) is 0 Å². The van der Waals surface area contributed by atoms with Gasteiger partial charge < -0.3 is 10.6 Å². The van der Waals surface area contributed by atoms with Crippen molar-refractivity contribution in [3.05, 3.63) is 0 Å². The van der Waals surface area contributed by atoms with Crippen LogP contribution in [0.2, 0.25) is 0 Å². The molecule has 2 nitrogen and oxygen atoms in total. The second kappa shape index (κ2) is 26.9. The van der Waals surface area contributed by atoms with E-state index in [-0.39, 0.29) is 14.9 Å². The highest BCUT2D eigenvalue weighted by Crippen LogP contribution is 2.24. The SMILES string of the molecule is C.C.CNCCCCCCCCCC(C)C(C)CCCCCCCCCNC. The Morgan fingerprint density at radius 2 is 0.679 bits per heavy atom. The van der Waals surface area contributed by atoms with Crippen LogP contribution in [0.15, 0.2) is 0 Å². The van der Waals surface area contributed by atoms with E-state index in [0.29, 0.717) is 0 Å². The van der Waals surface area contributed by atoms with E-state index < -0.39 is 0 Å². The Morgan fingerprint density at radius 3 is 0.964 bits per heavy atom. The van der Waals surface area contributed by atoms with Crippen molar-refractivity contribution in [1.82, 2.24) is 10.6 Å². The fourth-order valence-corrected chi connectivity index (χ4v) is 3.87. The van der Waals surface area contributed by atoms with Crippen molar-refractivity contribution in [2.24, 2.45) is 11.8 Å². The molecule has 2 N–H and O–H groups in total. The topological polar surface area (TPSA) is 24.1 Å². The number of unbranched alkanes of at least 4 members (excludes halogenated alkanes) is 12. The lowest BCUT2D eigenvalue weighted by molar-refractivity contribution is 0.322. The summed E-state index contributed by atoms with van der Waals surface area (Å²) in [5, 5.41) is 6.47. The summed E-state index contributed by atoms with van der Waals surface area (Å²) in [5.74, 6) is 1.85. The molecule has 0 saturated carbocycles. The Kier molecular flexibility index (Phi) is 31.3. The van der Waals surface area contributed by atoms with Gasteiger partial charge in [0.2, 0.25) is 0 Å². The summed E-state index contributed by atoms with van der Waals surface area (Å²) in [4.78, 5) is 0. The van der Waals surface area contributed by atoms with E-state index in [9.17, 15) is 0 Å². The second-order valence-electron chi connectivity index (χ2n) is 8.69. The molecule has 0 aromatic carbocycles. The summed E-state index contributed by atoms with van der Waals surface area (Å²) in [5.41, 5.74) is 0. The maximum atomic E-state index is 3.23. The first-order valence-electron chi connectivity index (χ1n) is 12.0. The fraction of sp³-hybridized carbons (Fsp3) is 1.00. The van der Waals surface area contributed by atoms with E-state index in [1.807, 2.05) is 0 Å². The van der Waals surface area contributed by atoms with Crippen LogP contribution in [0.4, 0.5) is 0 Å². The molecule has 0 amide bonds. The van der Waals surface area contributed by atoms with E-state index in [1.165, 1.54) is 116 Å². The Bertz CT molecular complexity index is 229. The molecule has 28 heavy (non-hydrogen) atoms. The number of hydrogen-bond donors (Lipinski definition) is 2. The molecule has 2 unspecified atom stereocenters. The van der Waals surface area contributed by atoms with Gasteiger partial charge >= 0.3 is 0 Å². The molecule has 0 aliphatic rings. The van der Waals surface area contributed by atoms with Gasteiger partial charge in [0.15, 0.2) is 0 Å². The van der Waals surface area contributed by atoms with Gasteiger partial charge in [0.1, 0.15) is 0 Å². The Morgan fingerprint density at radius 1 is 0.429 bits per heavy atom. The highest BCUT2D eigenvalue weighted by molar-refractivity contribution is 4.63. The summed E-state index contributed by atoms with van der Waals surface area (Å²) >= 11 is 0. The summed E-state index contributed by atoms with van der Waals surface area (Å²) in [7, 11) is 4.10. The van der Waals surface area contributed by atoms with Crippen LogP contribution in [0, 0.1) is 11.8 Å². The zero-order valence-electron chi connectivity index (χ0n) is 18.9. The van der Waals surface area contributed by atoms with Gasteiger partial charge in [-0.25, -0.2) is 0 Å². The molecular weight excluding hydrogens is 340 g/mol. The predicted octanol–water partition coefficient (Wildman–Crippen LogP) is 8.21. The van der Waals surface area contributed by atoms with Gasteiger partial charge in [-0.15, -0.1) is 0 Å². The van der Waals surface area contributed by atoms with Gasteiger partial charge in [-0.1, -0.05) is 119 Å². The largest absolute Gasteiger partial charge is 0.320 e. The van der Waals surface area contributed by atoms with Crippen LogP contribution in [-0.4, -0.2) is 27.2 Å². The monoisotopic (exact) mass is 400 g/mol. The third-order valence-electron chi connectivity index (χ3n) is 6.14. The van der Waals surface area contributed by atoms with Crippen LogP contribution in [-0.2, 0) is 0 Å². The average molecular weight is 401 g/mol. The molecule has 0 aliphatic carbocycles. The van der Waals surface area contributed by atoms with Gasteiger partial charge in [-0.05, 0) is 51.9 Å². The molecule has 0 radical (unpaired) electrons. The minimum atomic E-state index is 0. The molecule has 0 fully saturated rings. The van der Waals surface area contributed by atoms with Crippen molar-refractivity contribution in [3.8, 4) is 0 Å². The van der Waals surface area contributed by atoms with Crippen LogP contribution in [0.3, 0.4) is 0 Å². The van der Waals surface area contributed by atoms with Gasteiger partial charge in [0.25, 0.3) is 0 Å². The molecule has 174 valence electrons. The highest BCUT2D eigenvalue weighted by atomic mass is 14.8. The lowest BCUT2D eigenvalue weighted by Crippen LogP contribution is -2.08. The molecule has 0 saturated heterocycles. The maximum Gasteiger partial charge on any atom is -0.00519 e. The molecule has 0 aliphatic heterocycles. The first kappa shape index (κ1) is 32.6. The number of nitrogens with one attached hydrogen (secondary N) is 2. The molecule has 0 aromatic heterocycles. The summed E-state index contributed by atoms with van der Waals surface area (Å²) in [6.45, 7) is 7.35. The lowest BCUT2D eigenvalue weighted by Gasteiger charge is -2.19. The zero-order valence-corrected chi connectivity index (χ0v) is 18.9. The molecular formula is C26H60N2. The average Bonchev–Trinajstić information content (AvgIpc) is 2.65. The minimum absolute atomic E-state index is 0. The third-order valence-corrected chi connectivity index (χ3v) is 6.14. The Hall–Kier alpha value is -0.0800. The van der Waals surface area contributed by atoms with Crippen molar-refractivity contribution in [2.45, 2.75) is 131 Å². The van der Waals surface area contributed by atoms with Crippen molar-refractivity contribution in [3.63, 3.8) is 0 Å². The Labute approximate surface area is 181 Å².